The molecule has 8 heteroatoms. The second-order valence-corrected chi connectivity index (χ2v) is 7.97. The molecule has 148 valence electrons. The minimum atomic E-state index is -0.438. The summed E-state index contributed by atoms with van der Waals surface area (Å²) in [5.74, 6) is -0.0389. The lowest BCUT2D eigenvalue weighted by Gasteiger charge is -2.33. The summed E-state index contributed by atoms with van der Waals surface area (Å²) in [7, 11) is 0. The molecule has 7 nitrogen and oxygen atoms in total. The van der Waals surface area contributed by atoms with Gasteiger partial charge in [0.05, 0.1) is 21.7 Å². The molecule has 1 aromatic heterocycles. The lowest BCUT2D eigenvalue weighted by molar-refractivity contribution is -0.384. The van der Waals surface area contributed by atoms with E-state index in [4.69, 9.17) is 0 Å². The Labute approximate surface area is 172 Å². The van der Waals surface area contributed by atoms with E-state index in [1.54, 1.807) is 29.5 Å². The van der Waals surface area contributed by atoms with Gasteiger partial charge in [-0.1, -0.05) is 12.1 Å². The van der Waals surface area contributed by atoms with E-state index in [-0.39, 0.29) is 11.6 Å². The average molecular weight is 408 g/mol. The van der Waals surface area contributed by atoms with Crippen molar-refractivity contribution >= 4 is 39.2 Å². The number of hydrogen-bond acceptors (Lipinski definition) is 6. The van der Waals surface area contributed by atoms with Gasteiger partial charge in [0.1, 0.15) is 5.01 Å². The molecule has 1 aliphatic rings. The van der Waals surface area contributed by atoms with Crippen molar-refractivity contribution < 1.29 is 9.72 Å². The molecule has 0 spiro atoms. The quantitative estimate of drug-likeness (QED) is 0.366. The minimum absolute atomic E-state index is 0.0389. The van der Waals surface area contributed by atoms with E-state index < -0.39 is 4.92 Å². The number of rotatable bonds is 5. The number of benzene rings is 2. The number of carbonyl (C=O) groups excluding carboxylic acids is 1. The first kappa shape index (κ1) is 19.2. The van der Waals surface area contributed by atoms with Gasteiger partial charge in [-0.3, -0.25) is 19.8 Å². The van der Waals surface area contributed by atoms with Crippen LogP contribution in [0, 0.1) is 10.1 Å². The molecule has 0 bridgehead atoms. The Hall–Kier alpha value is -3.10. The van der Waals surface area contributed by atoms with Gasteiger partial charge < -0.3 is 4.90 Å². The molecule has 2 aromatic carbocycles. The number of nitro benzene ring substituents is 1. The largest absolute Gasteiger partial charge is 0.337 e. The van der Waals surface area contributed by atoms with Crippen molar-refractivity contribution in [2.24, 2.45) is 0 Å². The van der Waals surface area contributed by atoms with Gasteiger partial charge in [0.25, 0.3) is 5.69 Å². The van der Waals surface area contributed by atoms with Gasteiger partial charge in [0.15, 0.2) is 0 Å². The van der Waals surface area contributed by atoms with Gasteiger partial charge in [-0.05, 0) is 35.9 Å². The van der Waals surface area contributed by atoms with Gasteiger partial charge in [-0.2, -0.15) is 0 Å². The number of thiazole rings is 1. The fraction of sp³-hybridized carbons (Fsp3) is 0.238. The van der Waals surface area contributed by atoms with Crippen LogP contribution in [-0.4, -0.2) is 51.8 Å². The van der Waals surface area contributed by atoms with Gasteiger partial charge >= 0.3 is 0 Å². The van der Waals surface area contributed by atoms with Crippen molar-refractivity contribution in [3.05, 3.63) is 75.3 Å². The van der Waals surface area contributed by atoms with Crippen LogP contribution < -0.4 is 0 Å². The first-order valence-electron chi connectivity index (χ1n) is 9.37. The Bertz CT molecular complexity index is 1020. The van der Waals surface area contributed by atoms with Crippen molar-refractivity contribution in [3.8, 4) is 0 Å². The lowest BCUT2D eigenvalue weighted by Crippen LogP contribution is -2.47. The molecule has 0 N–H and O–H groups in total. The fourth-order valence-electron chi connectivity index (χ4n) is 3.29. The summed E-state index contributed by atoms with van der Waals surface area (Å²) in [5, 5.41) is 11.8. The third-order valence-electron chi connectivity index (χ3n) is 4.90. The maximum atomic E-state index is 12.4. The summed E-state index contributed by atoms with van der Waals surface area (Å²) in [6, 6.07) is 14.3. The number of non-ortho nitro benzene ring substituents is 1. The topological polar surface area (TPSA) is 79.6 Å². The predicted molar refractivity (Wildman–Crippen MR) is 114 cm³/mol. The van der Waals surface area contributed by atoms with E-state index in [0.717, 1.165) is 35.7 Å². The van der Waals surface area contributed by atoms with Gasteiger partial charge in [-0.15, -0.1) is 11.3 Å². The number of nitro groups is 1. The fourth-order valence-corrected chi connectivity index (χ4v) is 4.30. The summed E-state index contributed by atoms with van der Waals surface area (Å²) in [4.78, 5) is 31.5. The van der Waals surface area contributed by atoms with Crippen LogP contribution in [0.2, 0.25) is 0 Å². The molecule has 0 radical (unpaired) electrons. The zero-order valence-corrected chi connectivity index (χ0v) is 16.5. The van der Waals surface area contributed by atoms with Crippen LogP contribution in [0.5, 0.6) is 0 Å². The predicted octanol–water partition coefficient (Wildman–Crippen LogP) is 3.56. The van der Waals surface area contributed by atoms with Crippen molar-refractivity contribution in [2.45, 2.75) is 6.54 Å². The highest BCUT2D eigenvalue weighted by atomic mass is 32.1. The number of hydrogen-bond donors (Lipinski definition) is 0. The van der Waals surface area contributed by atoms with Crippen LogP contribution in [0.15, 0.2) is 54.6 Å². The first-order chi connectivity index (χ1) is 14.1. The van der Waals surface area contributed by atoms with Gasteiger partial charge in [-0.25, -0.2) is 4.98 Å². The molecule has 2 heterocycles. The molecular weight excluding hydrogens is 388 g/mol. The smallest absolute Gasteiger partial charge is 0.269 e. The number of piperazine rings is 1. The molecule has 1 fully saturated rings. The summed E-state index contributed by atoms with van der Waals surface area (Å²) in [6.07, 6.45) is 3.23. The number of fused-ring (bicyclic) bond motifs is 1. The Balaban J connectivity index is 1.29. The average Bonchev–Trinajstić information content (AvgIpc) is 3.15. The highest BCUT2D eigenvalue weighted by Gasteiger charge is 2.20. The van der Waals surface area contributed by atoms with E-state index in [1.165, 1.54) is 22.9 Å². The summed E-state index contributed by atoms with van der Waals surface area (Å²) < 4.78 is 1.20. The standard InChI is InChI=1S/C21H20N4O3S/c26-21(10-7-16-5-8-17(9-6-16)25(27)28)24-13-11-23(12-14-24)15-20-22-18-3-1-2-4-19(18)29-20/h1-10H,11-15H2/b10-7+. The number of amides is 1. The van der Waals surface area contributed by atoms with Gasteiger partial charge in [0.2, 0.25) is 5.91 Å². The van der Waals surface area contributed by atoms with Crippen LogP contribution in [0.25, 0.3) is 16.3 Å². The zero-order chi connectivity index (χ0) is 20.2. The maximum absolute atomic E-state index is 12.4. The molecule has 0 unspecified atom stereocenters. The van der Waals surface area contributed by atoms with Crippen molar-refractivity contribution in [3.63, 3.8) is 0 Å². The molecule has 1 aliphatic heterocycles. The van der Waals surface area contributed by atoms with Crippen LogP contribution in [0.4, 0.5) is 5.69 Å². The highest BCUT2D eigenvalue weighted by Crippen LogP contribution is 2.23. The summed E-state index contributed by atoms with van der Waals surface area (Å²) in [6.45, 7) is 3.78. The minimum Gasteiger partial charge on any atom is -0.337 e. The third kappa shape index (κ3) is 4.67. The van der Waals surface area contributed by atoms with Gasteiger partial charge in [0, 0.05) is 44.4 Å². The number of carbonyl (C=O) groups is 1. The Morgan fingerprint density at radius 1 is 1.10 bits per heavy atom. The van der Waals surface area contributed by atoms with Crippen LogP contribution in [-0.2, 0) is 11.3 Å². The molecule has 0 atom stereocenters. The SMILES string of the molecule is O=C(/C=C/c1ccc([N+](=O)[O-])cc1)N1CCN(Cc2nc3ccccc3s2)CC1. The Morgan fingerprint density at radius 2 is 1.83 bits per heavy atom. The maximum Gasteiger partial charge on any atom is 0.269 e. The first-order valence-corrected chi connectivity index (χ1v) is 10.2. The third-order valence-corrected chi connectivity index (χ3v) is 5.92. The van der Waals surface area contributed by atoms with E-state index in [9.17, 15) is 14.9 Å². The van der Waals surface area contributed by atoms with E-state index in [1.807, 2.05) is 23.1 Å². The van der Waals surface area contributed by atoms with Crippen molar-refractivity contribution in [1.29, 1.82) is 0 Å². The molecule has 1 amide bonds. The van der Waals surface area contributed by atoms with E-state index >= 15 is 0 Å². The van der Waals surface area contributed by atoms with Crippen LogP contribution >= 0.6 is 11.3 Å². The normalized spacial score (nSPS) is 15.2. The molecule has 0 saturated carbocycles. The second-order valence-electron chi connectivity index (χ2n) is 6.86. The molecule has 3 aromatic rings. The van der Waals surface area contributed by atoms with E-state index in [0.29, 0.717) is 13.1 Å². The highest BCUT2D eigenvalue weighted by molar-refractivity contribution is 7.18. The lowest BCUT2D eigenvalue weighted by atomic mass is 10.2. The summed E-state index contributed by atoms with van der Waals surface area (Å²) in [5.41, 5.74) is 1.84. The Kier molecular flexibility index (Phi) is 5.64. The number of nitrogens with zero attached hydrogens (tertiary/aromatic N) is 4. The van der Waals surface area contributed by atoms with Crippen molar-refractivity contribution in [2.75, 3.05) is 26.2 Å². The molecule has 0 aliphatic carbocycles. The van der Waals surface area contributed by atoms with Crippen LogP contribution in [0.1, 0.15) is 10.6 Å². The van der Waals surface area contributed by atoms with Crippen LogP contribution in [0.3, 0.4) is 0 Å². The monoisotopic (exact) mass is 408 g/mol. The molecule has 1 saturated heterocycles. The number of para-hydroxylation sites is 1. The second kappa shape index (κ2) is 8.50. The molecular formula is C21H20N4O3S. The molecule has 29 heavy (non-hydrogen) atoms. The zero-order valence-electron chi connectivity index (χ0n) is 15.7. The Morgan fingerprint density at radius 3 is 2.52 bits per heavy atom. The van der Waals surface area contributed by atoms with E-state index in [2.05, 4.69) is 16.0 Å². The number of aromatic nitrogens is 1. The summed E-state index contributed by atoms with van der Waals surface area (Å²) >= 11 is 1.72. The van der Waals surface area contributed by atoms with Crippen molar-refractivity contribution in [1.82, 2.24) is 14.8 Å². The molecule has 4 rings (SSSR count).